The maximum atomic E-state index is 3.89. The Morgan fingerprint density at radius 1 is 0.333 bits per heavy atom. The molecule has 0 aromatic rings. The van der Waals surface area contributed by atoms with Crippen molar-refractivity contribution < 1.29 is 0 Å². The fourth-order valence-corrected chi connectivity index (χ4v) is 0. The molecule has 0 radical (unpaired) electrons. The molecule has 0 unspecified atom stereocenters. The van der Waals surface area contributed by atoms with Crippen LogP contribution >= 0.6 is 8.02 Å². The summed E-state index contributed by atoms with van der Waals surface area (Å²) in [7, 11) is 2.56. The molecule has 0 rings (SSSR count). The highest BCUT2D eigenvalue weighted by Gasteiger charge is 0.655. The largest absolute Gasteiger partial charge is 0.0776 e. The van der Waals surface area contributed by atoms with Crippen molar-refractivity contribution in [3.8, 4) is 0 Å². The number of hydrogen-bond acceptors (Lipinski definition) is 1. The van der Waals surface area contributed by atoms with Crippen LogP contribution in [0.3, 0.4) is 0 Å². The van der Waals surface area contributed by atoms with Crippen LogP contribution in [0, 0.1) is 0 Å². The van der Waals surface area contributed by atoms with Crippen molar-refractivity contribution in [3.63, 3.8) is 0 Å². The Balaban J connectivity index is -0.000000000111. The van der Waals surface area contributed by atoms with Crippen LogP contribution in [0.5, 0.6) is 0 Å². The Labute approximate surface area is 94.4 Å². The summed E-state index contributed by atoms with van der Waals surface area (Å²) in [5.74, 6) is 0. The molecule has 2 heteroatoms. The van der Waals surface area contributed by atoms with Crippen molar-refractivity contribution in [1.82, 2.24) is 0 Å². The third kappa shape index (κ3) is 3530. The lowest BCUT2D eigenvalue weighted by Crippen LogP contribution is -0.399. The van der Waals surface area contributed by atoms with Gasteiger partial charge in [0.25, 0.3) is 0 Å². The summed E-state index contributed by atoms with van der Waals surface area (Å²) >= 11 is 3.89. The zero-order chi connectivity index (χ0) is 2.00. The first-order valence-corrected chi connectivity index (χ1v) is 1.84. The zero-order valence-electron chi connectivity index (χ0n) is 0.908. The van der Waals surface area contributed by atoms with E-state index in [1.165, 1.54) is 0 Å². The molecule has 0 atom stereocenters. The molecule has 0 aliphatic carbocycles. The van der Waals surface area contributed by atoms with Gasteiger partial charge in [-0.05, 0) is 8.02 Å². The van der Waals surface area contributed by atoms with E-state index < -0.39 is 0 Å². The molecule has 0 saturated heterocycles. The van der Waals surface area contributed by atoms with Crippen molar-refractivity contribution in [2.24, 2.45) is 0 Å². The van der Waals surface area contributed by atoms with Crippen LogP contribution in [-0.2, 0) is 11.8 Å². The molecule has 0 bridgehead atoms. The summed E-state index contributed by atoms with van der Waals surface area (Å²) in [4.78, 5) is 0. The van der Waals surface area contributed by atoms with Gasteiger partial charge in [-0.25, -0.2) is 0 Å². The third-order valence-corrected chi connectivity index (χ3v) is 0. The van der Waals surface area contributed by atoms with Gasteiger partial charge in [0.2, 0.25) is 0 Å². The summed E-state index contributed by atoms with van der Waals surface area (Å²) in [6.45, 7) is 0. The van der Waals surface area contributed by atoms with Crippen molar-refractivity contribution >= 4 is 19.8 Å². The first-order chi connectivity index (χ1) is 1.00. The molecule has 0 heterocycles. The van der Waals surface area contributed by atoms with E-state index in [9.17, 15) is 0 Å². The quantitative estimate of drug-likeness (QED) is 0.401. The fourth-order valence-electron chi connectivity index (χ4n) is 0. The minimum Gasteiger partial charge on any atom is -0.0776 e. The topological polar surface area (TPSA) is 0 Å². The molecule has 0 aliphatic heterocycles. The van der Waals surface area contributed by atoms with Gasteiger partial charge in [-0.15, -0.1) is 0 Å². The molecule has 0 amide bonds. The predicted octanol–water partition coefficient (Wildman–Crippen LogP) is 6.95. The molecule has 0 aliphatic rings. The van der Waals surface area contributed by atoms with Crippen molar-refractivity contribution in [2.75, 3.05) is 0 Å². The van der Waals surface area contributed by atoms with E-state index in [-0.39, 0.29) is 74.3 Å². The molecule has 0 aromatic heterocycles. The monoisotopic (exact) mass is 224 g/mol. The average Bonchev–Trinajstić information content (AvgIpc) is 1.00. The number of rotatable bonds is 0. The summed E-state index contributed by atoms with van der Waals surface area (Å²) in [6, 6.07) is 0. The standard InChI is InChI=1S/10CH4.HPS/c;;;;;;;;;;1-2/h10*1H4;1H. The van der Waals surface area contributed by atoms with Crippen LogP contribution < -0.4 is 0 Å². The van der Waals surface area contributed by atoms with Crippen LogP contribution in [0.1, 0.15) is 74.3 Å². The van der Waals surface area contributed by atoms with Crippen LogP contribution in [-0.4, -0.2) is 0 Å². The van der Waals surface area contributed by atoms with E-state index in [1.807, 2.05) is 0 Å². The molecule has 92 valence electrons. The smallest absolute Gasteiger partial charge is 0.0437 e. The van der Waals surface area contributed by atoms with Gasteiger partial charge in [-0.2, -0.15) is 0 Å². The molecule has 0 aromatic carbocycles. The van der Waals surface area contributed by atoms with Crippen LogP contribution in [0.15, 0.2) is 0 Å². The Morgan fingerprint density at radius 3 is 0.333 bits per heavy atom. The van der Waals surface area contributed by atoms with E-state index in [0.29, 0.717) is 0 Å². The molecule has 0 nitrogen and oxygen atoms in total. The Morgan fingerprint density at radius 2 is 0.333 bits per heavy atom. The Bertz CT molecular complexity index is 9.80. The first kappa shape index (κ1) is 719. The summed E-state index contributed by atoms with van der Waals surface area (Å²) in [5, 5.41) is 0. The lowest BCUT2D eigenvalue weighted by Gasteiger charge is -0.760. The molecule has 0 fully saturated rings. The summed E-state index contributed by atoms with van der Waals surface area (Å²) in [6.07, 6.45) is 0. The predicted molar refractivity (Wildman–Crippen MR) is 83.0 cm³/mol. The van der Waals surface area contributed by atoms with Gasteiger partial charge >= 0.3 is 0 Å². The van der Waals surface area contributed by atoms with Gasteiger partial charge < -0.3 is 0 Å². The van der Waals surface area contributed by atoms with Crippen LogP contribution in [0.25, 0.3) is 0 Å². The van der Waals surface area contributed by atoms with Gasteiger partial charge in [-0.3, -0.25) is 0 Å². The summed E-state index contributed by atoms with van der Waals surface area (Å²) < 4.78 is 0. The lowest BCUT2D eigenvalue weighted by molar-refractivity contribution is 2.50. The van der Waals surface area contributed by atoms with Crippen molar-refractivity contribution in [3.05, 3.63) is 0 Å². The van der Waals surface area contributed by atoms with Gasteiger partial charge in [0.1, 0.15) is 0 Å². The normalized spacial score (nSPS) is 0.333. The fraction of sp³-hybridized carbons (Fsp3) is 1.00. The molecule has 0 N–H and O–H groups in total. The molecular formula is C10H41PS. The van der Waals surface area contributed by atoms with E-state index in [2.05, 4.69) is 19.8 Å². The highest BCUT2D eigenvalue weighted by molar-refractivity contribution is 7.88. The second-order valence-electron chi connectivity index (χ2n) is 0. The zero-order valence-corrected chi connectivity index (χ0v) is 2.72. The second kappa shape index (κ2) is 4710. The molecular weight excluding hydrogens is 183 g/mol. The van der Waals surface area contributed by atoms with Crippen molar-refractivity contribution in [2.45, 2.75) is 74.3 Å². The first-order valence-electron chi connectivity index (χ1n) is 0.204. The van der Waals surface area contributed by atoms with Crippen molar-refractivity contribution in [1.29, 1.82) is 0 Å². The van der Waals surface area contributed by atoms with Gasteiger partial charge in [-0.1, -0.05) is 86.1 Å². The van der Waals surface area contributed by atoms with Gasteiger partial charge in [0.15, 0.2) is 0 Å². The second-order valence-corrected chi connectivity index (χ2v) is 0. The SMILES string of the molecule is C.C.C.C.C.C.C.C.C.C.P=S. The Kier molecular flexibility index (Phi) is 283000. The van der Waals surface area contributed by atoms with E-state index >= 15 is 0 Å². The average molecular weight is 224 g/mol. The van der Waals surface area contributed by atoms with Crippen LogP contribution in [0.4, 0.5) is 0 Å². The molecule has 12 heavy (non-hydrogen) atoms. The minimum atomic E-state index is 0. The molecule has 0 saturated carbocycles. The van der Waals surface area contributed by atoms with Crippen LogP contribution in [0.2, 0.25) is 0 Å². The van der Waals surface area contributed by atoms with Gasteiger partial charge in [0.05, 0.1) is 0 Å². The maximum absolute atomic E-state index is 3.89. The highest BCUT2D eigenvalue weighted by Crippen LogP contribution is 1.26. The summed E-state index contributed by atoms with van der Waals surface area (Å²) in [5.41, 5.74) is 0. The number of hydrogen-bond donors (Lipinski definition) is 0. The minimum absolute atomic E-state index is 0. The third-order valence-electron chi connectivity index (χ3n) is 0. The highest BCUT2D eigenvalue weighted by atomic mass is 32.4. The van der Waals surface area contributed by atoms with E-state index in [0.717, 1.165) is 0 Å². The van der Waals surface area contributed by atoms with E-state index in [4.69, 9.17) is 0 Å². The van der Waals surface area contributed by atoms with Gasteiger partial charge in [0, 0.05) is 0 Å². The maximum Gasteiger partial charge on any atom is -0.0437 e. The molecule has 0 spiro atoms. The Hall–Kier alpha value is 0.520. The van der Waals surface area contributed by atoms with E-state index in [1.54, 1.807) is 0 Å². The lowest BCUT2D eigenvalue weighted by atomic mass is 12.0.